The highest BCUT2D eigenvalue weighted by molar-refractivity contribution is 5.85. The van der Waals surface area contributed by atoms with Crippen molar-refractivity contribution >= 4 is 30.7 Å². The fourth-order valence-electron chi connectivity index (χ4n) is 2.83. The number of nitrogens with two attached hydrogens (primary N) is 1. The van der Waals surface area contributed by atoms with Crippen LogP contribution in [0.4, 0.5) is 0 Å². The van der Waals surface area contributed by atoms with E-state index < -0.39 is 0 Å². The molecule has 2 rings (SSSR count). The zero-order chi connectivity index (χ0) is 15.2. The highest BCUT2D eigenvalue weighted by Gasteiger charge is 2.17. The highest BCUT2D eigenvalue weighted by atomic mass is 35.5. The van der Waals surface area contributed by atoms with Gasteiger partial charge in [0.1, 0.15) is 0 Å². The van der Waals surface area contributed by atoms with E-state index in [0.29, 0.717) is 12.5 Å². The Morgan fingerprint density at radius 2 is 1.91 bits per heavy atom. The number of amides is 1. The van der Waals surface area contributed by atoms with Crippen LogP contribution in [0.2, 0.25) is 0 Å². The minimum atomic E-state index is -0.382. The van der Waals surface area contributed by atoms with Gasteiger partial charge in [-0.1, -0.05) is 38.1 Å². The third-order valence-electron chi connectivity index (χ3n) is 4.00. The number of carbonyl (C=O) groups is 1. The van der Waals surface area contributed by atoms with Gasteiger partial charge in [-0.2, -0.15) is 0 Å². The first-order valence-electron chi connectivity index (χ1n) is 7.88. The van der Waals surface area contributed by atoms with Crippen LogP contribution in [0.15, 0.2) is 24.3 Å². The molecule has 1 aliphatic heterocycles. The van der Waals surface area contributed by atoms with Crippen LogP contribution in [-0.4, -0.2) is 36.5 Å². The molecule has 0 aliphatic carbocycles. The fraction of sp³-hybridized carbons (Fsp3) is 0.588. The first-order chi connectivity index (χ1) is 10.1. The molecule has 4 nitrogen and oxygen atoms in total. The number of fused-ring (bicyclic) bond motifs is 1. The van der Waals surface area contributed by atoms with Crippen molar-refractivity contribution in [3.8, 4) is 0 Å². The predicted octanol–water partition coefficient (Wildman–Crippen LogP) is 2.38. The average molecular weight is 362 g/mol. The Kier molecular flexibility index (Phi) is 10.5. The molecule has 1 amide bonds. The summed E-state index contributed by atoms with van der Waals surface area (Å²) in [6.45, 7) is 7.76. The maximum absolute atomic E-state index is 11.9. The molecule has 0 aromatic heterocycles. The normalized spacial score (nSPS) is 15.1. The Morgan fingerprint density at radius 1 is 1.26 bits per heavy atom. The van der Waals surface area contributed by atoms with Crippen LogP contribution in [0.1, 0.15) is 31.4 Å². The Hall–Kier alpha value is -0.810. The molecule has 1 atom stereocenters. The van der Waals surface area contributed by atoms with E-state index in [-0.39, 0.29) is 36.8 Å². The molecule has 1 aromatic rings. The molecule has 0 spiro atoms. The fourth-order valence-corrected chi connectivity index (χ4v) is 2.83. The van der Waals surface area contributed by atoms with Crippen LogP contribution in [0, 0.1) is 5.92 Å². The van der Waals surface area contributed by atoms with Crippen LogP contribution in [0.3, 0.4) is 0 Å². The molecule has 1 heterocycles. The predicted molar refractivity (Wildman–Crippen MR) is 100 cm³/mol. The lowest BCUT2D eigenvalue weighted by molar-refractivity contribution is -0.122. The quantitative estimate of drug-likeness (QED) is 0.817. The lowest BCUT2D eigenvalue weighted by Crippen LogP contribution is -2.44. The van der Waals surface area contributed by atoms with E-state index in [4.69, 9.17) is 5.73 Å². The van der Waals surface area contributed by atoms with Crippen molar-refractivity contribution < 1.29 is 4.79 Å². The monoisotopic (exact) mass is 361 g/mol. The van der Waals surface area contributed by atoms with Gasteiger partial charge in [0.25, 0.3) is 0 Å². The number of nitrogens with one attached hydrogen (secondary N) is 1. The van der Waals surface area contributed by atoms with Crippen molar-refractivity contribution in [3.05, 3.63) is 35.4 Å². The molecule has 3 N–H and O–H groups in total. The minimum Gasteiger partial charge on any atom is -0.353 e. The second kappa shape index (κ2) is 10.9. The average Bonchev–Trinajstić information content (AvgIpc) is 2.46. The maximum Gasteiger partial charge on any atom is 0.236 e. The topological polar surface area (TPSA) is 58.4 Å². The van der Waals surface area contributed by atoms with E-state index in [1.165, 1.54) is 11.1 Å². The number of carbonyl (C=O) groups excluding carboxylic acids is 1. The summed E-state index contributed by atoms with van der Waals surface area (Å²) in [5.74, 6) is 0.422. The lowest BCUT2D eigenvalue weighted by atomic mass is 10.00. The molecule has 6 heteroatoms. The molecule has 0 radical (unpaired) electrons. The summed E-state index contributed by atoms with van der Waals surface area (Å²) in [7, 11) is 0. The Balaban J connectivity index is 0.00000242. The van der Waals surface area contributed by atoms with E-state index in [1.54, 1.807) is 0 Å². The largest absolute Gasteiger partial charge is 0.353 e. The number of hydrogen-bond acceptors (Lipinski definition) is 3. The lowest BCUT2D eigenvalue weighted by Gasteiger charge is -2.28. The molecule has 0 fully saturated rings. The van der Waals surface area contributed by atoms with E-state index in [1.807, 2.05) is 0 Å². The zero-order valence-electron chi connectivity index (χ0n) is 14.0. The van der Waals surface area contributed by atoms with Gasteiger partial charge in [0.15, 0.2) is 0 Å². The maximum atomic E-state index is 11.9. The van der Waals surface area contributed by atoms with Gasteiger partial charge in [0, 0.05) is 26.2 Å². The van der Waals surface area contributed by atoms with Gasteiger partial charge in [0.2, 0.25) is 5.91 Å². The number of nitrogens with zero attached hydrogens (tertiary/aromatic N) is 1. The van der Waals surface area contributed by atoms with Crippen LogP contribution in [0.5, 0.6) is 0 Å². The third kappa shape index (κ3) is 7.08. The van der Waals surface area contributed by atoms with Crippen molar-refractivity contribution in [2.45, 2.75) is 39.3 Å². The van der Waals surface area contributed by atoms with Gasteiger partial charge in [0.05, 0.1) is 6.04 Å². The van der Waals surface area contributed by atoms with Crippen LogP contribution < -0.4 is 11.1 Å². The molecule has 1 aromatic carbocycles. The molecule has 0 bridgehead atoms. The Labute approximate surface area is 152 Å². The number of hydrogen-bond donors (Lipinski definition) is 2. The van der Waals surface area contributed by atoms with E-state index >= 15 is 0 Å². The molecule has 0 saturated carbocycles. The molecular weight excluding hydrogens is 333 g/mol. The summed E-state index contributed by atoms with van der Waals surface area (Å²) in [6.07, 6.45) is 1.83. The third-order valence-corrected chi connectivity index (χ3v) is 4.00. The molecule has 0 saturated heterocycles. The van der Waals surface area contributed by atoms with Gasteiger partial charge < -0.3 is 11.1 Å². The molecule has 132 valence electrons. The smallest absolute Gasteiger partial charge is 0.236 e. The van der Waals surface area contributed by atoms with Crippen molar-refractivity contribution in [2.24, 2.45) is 11.7 Å². The van der Waals surface area contributed by atoms with E-state index in [0.717, 1.165) is 32.5 Å². The Morgan fingerprint density at radius 3 is 2.57 bits per heavy atom. The van der Waals surface area contributed by atoms with Gasteiger partial charge >= 0.3 is 0 Å². The Bertz CT molecular complexity index is 483. The molecule has 1 aliphatic rings. The van der Waals surface area contributed by atoms with Crippen molar-refractivity contribution in [3.63, 3.8) is 0 Å². The molecular formula is C17H29Cl2N3O. The summed E-state index contributed by atoms with van der Waals surface area (Å²) in [5, 5.41) is 2.95. The van der Waals surface area contributed by atoms with Gasteiger partial charge in [-0.05, 0) is 29.9 Å². The highest BCUT2D eigenvalue weighted by Crippen LogP contribution is 2.17. The second-order valence-electron chi connectivity index (χ2n) is 6.32. The van der Waals surface area contributed by atoms with Gasteiger partial charge in [-0.25, -0.2) is 0 Å². The number of halogens is 2. The molecule has 23 heavy (non-hydrogen) atoms. The zero-order valence-corrected chi connectivity index (χ0v) is 15.6. The standard InChI is InChI=1S/C17H27N3O.2ClH/c1-13(2)11-16(18)17(21)19-8-10-20-9-7-14-5-3-4-6-15(14)12-20;;/h3-6,13,16H,7-12,18H2,1-2H3,(H,19,21);2*1H/t16-;;/m0../s1. The van der Waals surface area contributed by atoms with Gasteiger partial charge in [-0.3, -0.25) is 9.69 Å². The van der Waals surface area contributed by atoms with E-state index in [2.05, 4.69) is 48.3 Å². The summed E-state index contributed by atoms with van der Waals surface area (Å²) in [4.78, 5) is 14.2. The van der Waals surface area contributed by atoms with Gasteiger partial charge in [-0.15, -0.1) is 24.8 Å². The van der Waals surface area contributed by atoms with Crippen molar-refractivity contribution in [1.29, 1.82) is 0 Å². The number of benzene rings is 1. The summed E-state index contributed by atoms with van der Waals surface area (Å²) in [6, 6.07) is 8.21. The summed E-state index contributed by atoms with van der Waals surface area (Å²) >= 11 is 0. The van der Waals surface area contributed by atoms with Crippen LogP contribution >= 0.6 is 24.8 Å². The molecule has 0 unspecified atom stereocenters. The minimum absolute atomic E-state index is 0. The first-order valence-corrected chi connectivity index (χ1v) is 7.88. The van der Waals surface area contributed by atoms with Crippen LogP contribution in [-0.2, 0) is 17.8 Å². The van der Waals surface area contributed by atoms with Crippen molar-refractivity contribution in [1.82, 2.24) is 10.2 Å². The summed E-state index contributed by atoms with van der Waals surface area (Å²) in [5.41, 5.74) is 8.74. The summed E-state index contributed by atoms with van der Waals surface area (Å²) < 4.78 is 0. The number of rotatable bonds is 6. The van der Waals surface area contributed by atoms with Crippen molar-refractivity contribution in [2.75, 3.05) is 19.6 Å². The van der Waals surface area contributed by atoms with E-state index in [9.17, 15) is 4.79 Å². The van der Waals surface area contributed by atoms with Crippen LogP contribution in [0.25, 0.3) is 0 Å². The first kappa shape index (κ1) is 22.2. The second-order valence-corrected chi connectivity index (χ2v) is 6.32. The SMILES string of the molecule is CC(C)C[C@H](N)C(=O)NCCN1CCc2ccccc2C1.Cl.Cl.